The van der Waals surface area contributed by atoms with Crippen LogP contribution in [0.4, 0.5) is 20.2 Å². The van der Waals surface area contributed by atoms with Gasteiger partial charge in [0, 0.05) is 31.2 Å². The van der Waals surface area contributed by atoms with Gasteiger partial charge in [-0.3, -0.25) is 4.72 Å². The summed E-state index contributed by atoms with van der Waals surface area (Å²) in [6.45, 7) is 5.73. The van der Waals surface area contributed by atoms with E-state index in [4.69, 9.17) is 4.74 Å². The summed E-state index contributed by atoms with van der Waals surface area (Å²) in [6.07, 6.45) is 0. The number of methoxy groups -OCH3 is 1. The summed E-state index contributed by atoms with van der Waals surface area (Å²) in [5.74, 6) is -0.732. The molecule has 4 rings (SSSR count). The van der Waals surface area contributed by atoms with Crippen LogP contribution >= 0.6 is 0 Å². The molecule has 2 unspecified atom stereocenters. The van der Waals surface area contributed by atoms with Gasteiger partial charge in [-0.25, -0.2) is 17.2 Å². The number of nitrogens with one attached hydrogen (secondary N) is 2. The highest BCUT2D eigenvalue weighted by Crippen LogP contribution is 2.33. The third kappa shape index (κ3) is 5.31. The molecule has 1 fully saturated rings. The Morgan fingerprint density at radius 3 is 2.12 bits per heavy atom. The molecule has 1 aliphatic rings. The van der Waals surface area contributed by atoms with Crippen molar-refractivity contribution in [1.29, 1.82) is 0 Å². The minimum absolute atomic E-state index is 0.0370. The minimum Gasteiger partial charge on any atom is -0.495 e. The summed E-state index contributed by atoms with van der Waals surface area (Å²) in [7, 11) is -2.30. The van der Waals surface area contributed by atoms with E-state index in [0.717, 1.165) is 24.8 Å². The van der Waals surface area contributed by atoms with Gasteiger partial charge in [0.25, 0.3) is 10.0 Å². The lowest BCUT2D eigenvalue weighted by atomic mass is 10.1. The smallest absolute Gasteiger partial charge is 0.261 e. The second kappa shape index (κ2) is 9.60. The molecule has 2 atom stereocenters. The van der Waals surface area contributed by atoms with Crippen molar-refractivity contribution in [2.24, 2.45) is 0 Å². The SMILES string of the molecule is COc1ccc(NS(=O)(=O)c2ccc(-c3cc(F)cc(F)c3)cc2)cc1N1CC(C)NC(C)C1. The Morgan fingerprint density at radius 2 is 1.53 bits per heavy atom. The number of anilines is 2. The van der Waals surface area contributed by atoms with Crippen LogP contribution in [0.3, 0.4) is 0 Å². The second-order valence-corrected chi connectivity index (χ2v) is 10.2. The van der Waals surface area contributed by atoms with Crippen LogP contribution in [0, 0.1) is 11.6 Å². The van der Waals surface area contributed by atoms with Gasteiger partial charge in [0.05, 0.1) is 23.4 Å². The Balaban J connectivity index is 1.58. The van der Waals surface area contributed by atoms with Crippen LogP contribution in [0.5, 0.6) is 5.75 Å². The molecule has 180 valence electrons. The van der Waals surface area contributed by atoms with E-state index < -0.39 is 21.7 Å². The fourth-order valence-corrected chi connectivity index (χ4v) is 5.33. The van der Waals surface area contributed by atoms with Crippen molar-refractivity contribution in [2.45, 2.75) is 30.8 Å². The lowest BCUT2D eigenvalue weighted by Gasteiger charge is -2.38. The predicted molar refractivity (Wildman–Crippen MR) is 130 cm³/mol. The molecule has 0 amide bonds. The zero-order valence-corrected chi connectivity index (χ0v) is 20.0. The topological polar surface area (TPSA) is 70.7 Å². The summed E-state index contributed by atoms with van der Waals surface area (Å²) in [4.78, 5) is 2.21. The highest BCUT2D eigenvalue weighted by atomic mass is 32.2. The first-order valence-corrected chi connectivity index (χ1v) is 12.4. The van der Waals surface area contributed by atoms with Gasteiger partial charge in [-0.05, 0) is 67.4 Å². The van der Waals surface area contributed by atoms with Crippen LogP contribution in [0.15, 0.2) is 65.6 Å². The van der Waals surface area contributed by atoms with Gasteiger partial charge in [-0.1, -0.05) is 12.1 Å². The lowest BCUT2D eigenvalue weighted by Crippen LogP contribution is -2.54. The van der Waals surface area contributed by atoms with E-state index in [9.17, 15) is 17.2 Å². The number of rotatable bonds is 6. The molecule has 1 heterocycles. The zero-order valence-electron chi connectivity index (χ0n) is 19.2. The molecular weight excluding hydrogens is 460 g/mol. The number of piperazine rings is 1. The van der Waals surface area contributed by atoms with E-state index in [1.54, 1.807) is 25.3 Å². The summed E-state index contributed by atoms with van der Waals surface area (Å²) in [5, 5.41) is 3.48. The van der Waals surface area contributed by atoms with E-state index >= 15 is 0 Å². The maximum atomic E-state index is 13.5. The minimum atomic E-state index is -3.89. The number of hydrogen-bond donors (Lipinski definition) is 2. The molecule has 6 nitrogen and oxygen atoms in total. The van der Waals surface area contributed by atoms with Crippen molar-refractivity contribution in [3.8, 4) is 16.9 Å². The van der Waals surface area contributed by atoms with E-state index in [-0.39, 0.29) is 17.0 Å². The third-order valence-corrected chi connectivity index (χ3v) is 7.09. The second-order valence-electron chi connectivity index (χ2n) is 8.55. The Hall–Kier alpha value is -3.17. The number of sulfonamides is 1. The van der Waals surface area contributed by atoms with Gasteiger partial charge in [-0.2, -0.15) is 0 Å². The van der Waals surface area contributed by atoms with Crippen LogP contribution in [0.2, 0.25) is 0 Å². The van der Waals surface area contributed by atoms with Crippen molar-refractivity contribution in [2.75, 3.05) is 29.8 Å². The molecule has 0 saturated carbocycles. The van der Waals surface area contributed by atoms with Gasteiger partial charge in [0.1, 0.15) is 17.4 Å². The normalized spacial score (nSPS) is 18.6. The third-order valence-electron chi connectivity index (χ3n) is 5.69. The molecule has 9 heteroatoms. The van der Waals surface area contributed by atoms with E-state index in [0.29, 0.717) is 22.6 Å². The van der Waals surface area contributed by atoms with Crippen LogP contribution in [-0.2, 0) is 10.0 Å². The van der Waals surface area contributed by atoms with E-state index in [1.165, 1.54) is 36.4 Å². The van der Waals surface area contributed by atoms with E-state index in [2.05, 4.69) is 28.8 Å². The molecule has 3 aromatic rings. The average Bonchev–Trinajstić information content (AvgIpc) is 2.77. The summed E-state index contributed by atoms with van der Waals surface area (Å²) < 4.78 is 61.2. The summed E-state index contributed by atoms with van der Waals surface area (Å²) >= 11 is 0. The molecule has 0 radical (unpaired) electrons. The zero-order chi connectivity index (χ0) is 24.5. The van der Waals surface area contributed by atoms with Crippen LogP contribution < -0.4 is 19.7 Å². The Morgan fingerprint density at radius 1 is 0.912 bits per heavy atom. The van der Waals surface area contributed by atoms with Crippen LogP contribution in [-0.4, -0.2) is 40.7 Å². The van der Waals surface area contributed by atoms with Gasteiger partial charge in [-0.15, -0.1) is 0 Å². The quantitative estimate of drug-likeness (QED) is 0.531. The van der Waals surface area contributed by atoms with Crippen molar-refractivity contribution < 1.29 is 21.9 Å². The molecule has 0 bridgehead atoms. The van der Waals surface area contributed by atoms with Crippen molar-refractivity contribution in [3.05, 3.63) is 72.3 Å². The van der Waals surface area contributed by atoms with Crippen molar-refractivity contribution >= 4 is 21.4 Å². The van der Waals surface area contributed by atoms with Crippen molar-refractivity contribution in [3.63, 3.8) is 0 Å². The molecule has 0 aliphatic carbocycles. The highest BCUT2D eigenvalue weighted by Gasteiger charge is 2.24. The predicted octanol–water partition coefficient (Wildman–Crippen LogP) is 4.63. The Labute approximate surface area is 198 Å². The Bertz CT molecular complexity index is 1250. The standard InChI is InChI=1S/C25H27F2N3O3S/c1-16-14-30(15-17(2)28-16)24-13-22(6-9-25(24)33-3)29-34(31,32)23-7-4-18(5-8-23)19-10-20(26)12-21(27)11-19/h4-13,16-17,28-29H,14-15H2,1-3H3. The fraction of sp³-hybridized carbons (Fsp3) is 0.280. The largest absolute Gasteiger partial charge is 0.495 e. The maximum Gasteiger partial charge on any atom is 0.261 e. The molecular formula is C25H27F2N3O3S. The average molecular weight is 488 g/mol. The van der Waals surface area contributed by atoms with E-state index in [1.807, 2.05) is 0 Å². The first-order valence-electron chi connectivity index (χ1n) is 10.9. The first-order chi connectivity index (χ1) is 16.1. The lowest BCUT2D eigenvalue weighted by molar-refractivity contribution is 0.391. The number of ether oxygens (including phenoxy) is 1. The molecule has 2 N–H and O–H groups in total. The maximum absolute atomic E-state index is 13.5. The molecule has 1 aliphatic heterocycles. The summed E-state index contributed by atoms with van der Waals surface area (Å²) in [6, 6.07) is 14.8. The number of nitrogens with zero attached hydrogens (tertiary/aromatic N) is 1. The van der Waals surface area contributed by atoms with Gasteiger partial charge in [0.2, 0.25) is 0 Å². The molecule has 34 heavy (non-hydrogen) atoms. The molecule has 3 aromatic carbocycles. The van der Waals surface area contributed by atoms with Gasteiger partial charge < -0.3 is 15.0 Å². The molecule has 0 spiro atoms. The number of benzene rings is 3. The number of hydrogen-bond acceptors (Lipinski definition) is 5. The Kier molecular flexibility index (Phi) is 6.77. The van der Waals surface area contributed by atoms with Crippen LogP contribution in [0.1, 0.15) is 13.8 Å². The monoisotopic (exact) mass is 487 g/mol. The fourth-order valence-electron chi connectivity index (χ4n) is 4.29. The van der Waals surface area contributed by atoms with Gasteiger partial charge in [0.15, 0.2) is 0 Å². The highest BCUT2D eigenvalue weighted by molar-refractivity contribution is 7.92. The molecule has 0 aromatic heterocycles. The van der Waals surface area contributed by atoms with Gasteiger partial charge >= 0.3 is 0 Å². The number of halogens is 2. The molecule has 1 saturated heterocycles. The first kappa shape index (κ1) is 24.0. The summed E-state index contributed by atoms with van der Waals surface area (Å²) in [5.41, 5.74) is 2.05. The van der Waals surface area contributed by atoms with Crippen LogP contribution in [0.25, 0.3) is 11.1 Å². The van der Waals surface area contributed by atoms with Crippen molar-refractivity contribution in [1.82, 2.24) is 5.32 Å².